The van der Waals surface area contributed by atoms with Crippen LogP contribution in [0.25, 0.3) is 87.9 Å². The van der Waals surface area contributed by atoms with Crippen molar-refractivity contribution < 1.29 is 4.42 Å². The smallest absolute Gasteiger partial charge is 0.194 e. The lowest BCUT2D eigenvalue weighted by Gasteiger charge is -2.15. The van der Waals surface area contributed by atoms with Crippen molar-refractivity contribution >= 4 is 49.4 Å². The molecule has 0 spiro atoms. The molecule has 3 aromatic heterocycles. The maximum atomic E-state index is 7.91. The first-order chi connectivity index (χ1) is 22.7. The number of benzene rings is 6. The lowest BCUT2D eigenvalue weighted by Crippen LogP contribution is -1.97. The molecule has 4 heteroatoms. The van der Waals surface area contributed by atoms with Crippen molar-refractivity contribution in [3.05, 3.63) is 163 Å². The molecule has 0 atom stereocenters. The van der Waals surface area contributed by atoms with E-state index in [9.17, 15) is 0 Å². The van der Waals surface area contributed by atoms with Gasteiger partial charge in [-0.25, -0.2) is 9.83 Å². The van der Waals surface area contributed by atoms with Crippen molar-refractivity contribution in [2.24, 2.45) is 0 Å². The minimum Gasteiger partial charge on any atom is -0.456 e. The highest BCUT2D eigenvalue weighted by Gasteiger charge is 2.18. The Kier molecular flexibility index (Phi) is 5.84. The van der Waals surface area contributed by atoms with E-state index < -0.39 is 0 Å². The van der Waals surface area contributed by atoms with Gasteiger partial charge in [-0.2, -0.15) is 0 Å². The van der Waals surface area contributed by atoms with E-state index in [1.165, 1.54) is 0 Å². The number of para-hydroxylation sites is 3. The van der Waals surface area contributed by atoms with Crippen molar-refractivity contribution in [1.82, 2.24) is 9.55 Å². The molecule has 214 valence electrons. The summed E-state index contributed by atoms with van der Waals surface area (Å²) in [4.78, 5) is 8.99. The van der Waals surface area contributed by atoms with E-state index in [4.69, 9.17) is 16.0 Å². The summed E-state index contributed by atoms with van der Waals surface area (Å²) < 4.78 is 8.64. The van der Waals surface area contributed by atoms with Gasteiger partial charge in [0.1, 0.15) is 11.2 Å². The Morgan fingerprint density at radius 3 is 2.09 bits per heavy atom. The van der Waals surface area contributed by atoms with E-state index in [1.54, 1.807) is 0 Å². The van der Waals surface area contributed by atoms with E-state index >= 15 is 0 Å². The van der Waals surface area contributed by atoms with Crippen LogP contribution in [0.3, 0.4) is 0 Å². The van der Waals surface area contributed by atoms with Crippen LogP contribution < -0.4 is 0 Å². The number of furan rings is 1. The fraction of sp³-hybridized carbons (Fsp3) is 0. The predicted octanol–water partition coefficient (Wildman–Crippen LogP) is 11.6. The summed E-state index contributed by atoms with van der Waals surface area (Å²) in [6, 6.07) is 51.9. The van der Waals surface area contributed by atoms with Crippen LogP contribution in [0.4, 0.5) is 5.69 Å². The molecule has 0 amide bonds. The van der Waals surface area contributed by atoms with E-state index in [0.29, 0.717) is 5.69 Å². The Morgan fingerprint density at radius 2 is 1.22 bits per heavy atom. The first kappa shape index (κ1) is 26.0. The summed E-state index contributed by atoms with van der Waals surface area (Å²) >= 11 is 0. The summed E-state index contributed by atoms with van der Waals surface area (Å²) in [5, 5.41) is 4.45. The Morgan fingerprint density at radius 1 is 0.500 bits per heavy atom. The molecule has 0 saturated carbocycles. The van der Waals surface area contributed by atoms with Crippen LogP contribution in [0.1, 0.15) is 0 Å². The van der Waals surface area contributed by atoms with Crippen LogP contribution in [0.5, 0.6) is 0 Å². The Labute approximate surface area is 265 Å². The molecule has 6 aromatic carbocycles. The van der Waals surface area contributed by atoms with Gasteiger partial charge in [-0.3, -0.25) is 0 Å². The van der Waals surface area contributed by atoms with E-state index in [2.05, 4.69) is 100 Å². The first-order valence-electron chi connectivity index (χ1n) is 15.2. The topological polar surface area (TPSA) is 35.3 Å². The van der Waals surface area contributed by atoms with Gasteiger partial charge >= 0.3 is 0 Å². The van der Waals surface area contributed by atoms with Crippen molar-refractivity contribution in [1.29, 1.82) is 0 Å². The molecule has 0 fully saturated rings. The molecule has 0 bridgehead atoms. The average molecular weight is 588 g/mol. The molecule has 0 aliphatic carbocycles. The zero-order valence-corrected chi connectivity index (χ0v) is 24.7. The van der Waals surface area contributed by atoms with Gasteiger partial charge in [-0.05, 0) is 65.7 Å². The third kappa shape index (κ3) is 4.11. The summed E-state index contributed by atoms with van der Waals surface area (Å²) in [5.74, 6) is 0. The number of hydrogen-bond donors (Lipinski definition) is 0. The molecule has 3 heterocycles. The molecular weight excluding hydrogens is 562 g/mol. The van der Waals surface area contributed by atoms with Crippen LogP contribution in [0.2, 0.25) is 0 Å². The highest BCUT2D eigenvalue weighted by atomic mass is 16.3. The minimum atomic E-state index is 0.616. The van der Waals surface area contributed by atoms with Crippen LogP contribution in [0.15, 0.2) is 156 Å². The van der Waals surface area contributed by atoms with E-state index in [1.807, 2.05) is 60.7 Å². The lowest BCUT2D eigenvalue weighted by molar-refractivity contribution is 0.669. The monoisotopic (exact) mass is 587 g/mol. The van der Waals surface area contributed by atoms with Gasteiger partial charge in [0.15, 0.2) is 5.69 Å². The van der Waals surface area contributed by atoms with Crippen molar-refractivity contribution in [2.75, 3.05) is 0 Å². The third-order valence-electron chi connectivity index (χ3n) is 8.80. The average Bonchev–Trinajstić information content (AvgIpc) is 3.65. The van der Waals surface area contributed by atoms with Gasteiger partial charge < -0.3 is 8.98 Å². The molecule has 9 rings (SSSR count). The second kappa shape index (κ2) is 10.3. The fourth-order valence-corrected chi connectivity index (χ4v) is 6.69. The molecule has 0 aliphatic heterocycles. The number of fused-ring (bicyclic) bond motifs is 6. The number of rotatable bonds is 4. The Bertz CT molecular complexity index is 2660. The number of aromatic nitrogens is 2. The number of pyridine rings is 1. The summed E-state index contributed by atoms with van der Waals surface area (Å²) in [6.45, 7) is 7.91. The molecule has 0 unspecified atom stereocenters. The second-order valence-corrected chi connectivity index (χ2v) is 11.5. The second-order valence-electron chi connectivity index (χ2n) is 11.5. The maximum absolute atomic E-state index is 7.91. The SMILES string of the molecule is [C-]#[N+]c1ccccc1-c1cc(-c2cccc(-c3ccccc3)n2)cc(-n2c3ccccc3c3cc4oc5ccccc5c4cc32)c1. The quantitative estimate of drug-likeness (QED) is 0.192. The van der Waals surface area contributed by atoms with Gasteiger partial charge in [0, 0.05) is 38.4 Å². The van der Waals surface area contributed by atoms with Crippen molar-refractivity contribution in [2.45, 2.75) is 0 Å². The number of hydrogen-bond acceptors (Lipinski definition) is 2. The van der Waals surface area contributed by atoms with Crippen molar-refractivity contribution in [3.63, 3.8) is 0 Å². The molecule has 0 N–H and O–H groups in total. The normalized spacial score (nSPS) is 11.5. The van der Waals surface area contributed by atoms with Crippen LogP contribution >= 0.6 is 0 Å². The van der Waals surface area contributed by atoms with E-state index in [-0.39, 0.29) is 0 Å². The minimum absolute atomic E-state index is 0.616. The molecule has 9 aromatic rings. The van der Waals surface area contributed by atoms with Crippen LogP contribution in [-0.4, -0.2) is 9.55 Å². The Balaban J connectivity index is 1.35. The first-order valence-corrected chi connectivity index (χ1v) is 15.2. The number of nitrogens with zero attached hydrogens (tertiary/aromatic N) is 3. The zero-order chi connectivity index (χ0) is 30.6. The molecular formula is C42H25N3O. The highest BCUT2D eigenvalue weighted by Crippen LogP contribution is 2.41. The van der Waals surface area contributed by atoms with Crippen LogP contribution in [-0.2, 0) is 0 Å². The van der Waals surface area contributed by atoms with Crippen molar-refractivity contribution in [3.8, 4) is 39.3 Å². The largest absolute Gasteiger partial charge is 0.456 e. The summed E-state index contributed by atoms with van der Waals surface area (Å²) in [7, 11) is 0. The van der Waals surface area contributed by atoms with Gasteiger partial charge in [0.25, 0.3) is 0 Å². The summed E-state index contributed by atoms with van der Waals surface area (Å²) in [6.07, 6.45) is 0. The van der Waals surface area contributed by atoms with Gasteiger partial charge in [0.2, 0.25) is 0 Å². The van der Waals surface area contributed by atoms with Gasteiger partial charge in [0.05, 0.1) is 29.0 Å². The maximum Gasteiger partial charge on any atom is 0.194 e. The third-order valence-corrected chi connectivity index (χ3v) is 8.80. The molecule has 46 heavy (non-hydrogen) atoms. The zero-order valence-electron chi connectivity index (χ0n) is 24.7. The fourth-order valence-electron chi connectivity index (χ4n) is 6.69. The van der Waals surface area contributed by atoms with Crippen LogP contribution in [0, 0.1) is 6.57 Å². The lowest BCUT2D eigenvalue weighted by atomic mass is 9.98. The molecule has 0 radical (unpaired) electrons. The van der Waals surface area contributed by atoms with Gasteiger partial charge in [-0.15, -0.1) is 0 Å². The predicted molar refractivity (Wildman–Crippen MR) is 188 cm³/mol. The summed E-state index contributed by atoms with van der Waals surface area (Å²) in [5.41, 5.74) is 11.2. The van der Waals surface area contributed by atoms with E-state index in [0.717, 1.165) is 83.1 Å². The Hall–Kier alpha value is -6.44. The standard InChI is InChI=1S/C42H25N3O/c1-43-38-17-8-5-14-31(38)28-22-29(37-19-11-18-36(44-37)27-12-3-2-4-13-27)24-30(23-28)45-39-20-9-6-15-32(39)34-26-42-35(25-40(34)45)33-16-7-10-21-41(33)46-42/h2-26H. The molecule has 4 nitrogen and oxygen atoms in total. The van der Waals surface area contributed by atoms with Gasteiger partial charge in [-0.1, -0.05) is 97.1 Å². The molecule has 0 saturated heterocycles. The molecule has 0 aliphatic rings. The highest BCUT2D eigenvalue weighted by molar-refractivity contribution is 6.17.